The number of carbonyl (C=O) groups excluding carboxylic acids is 1. The summed E-state index contributed by atoms with van der Waals surface area (Å²) in [5.74, 6) is 2.27. The van der Waals surface area contributed by atoms with Crippen molar-refractivity contribution in [3.05, 3.63) is 59.4 Å². The maximum absolute atomic E-state index is 12.3. The molecule has 28 heavy (non-hydrogen) atoms. The van der Waals surface area contributed by atoms with Gasteiger partial charge in [0.25, 0.3) is 0 Å². The number of benzene rings is 2. The van der Waals surface area contributed by atoms with Gasteiger partial charge < -0.3 is 14.2 Å². The van der Waals surface area contributed by atoms with E-state index in [-0.39, 0.29) is 12.5 Å². The van der Waals surface area contributed by atoms with E-state index in [9.17, 15) is 4.79 Å². The fourth-order valence-electron chi connectivity index (χ4n) is 2.47. The SMILES string of the molecule is COc1cccc(-c2noc(CN(C)C(=O)CCSc3ccc(Cl)cc3)n2)c1. The van der Waals surface area contributed by atoms with Crippen LogP contribution in [0.5, 0.6) is 5.75 Å². The van der Waals surface area contributed by atoms with Crippen LogP contribution in [0, 0.1) is 0 Å². The van der Waals surface area contributed by atoms with E-state index < -0.39 is 0 Å². The zero-order valence-corrected chi connectivity index (χ0v) is 17.2. The number of nitrogens with zero attached hydrogens (tertiary/aromatic N) is 3. The van der Waals surface area contributed by atoms with Crippen molar-refractivity contribution in [2.75, 3.05) is 19.9 Å². The van der Waals surface area contributed by atoms with Gasteiger partial charge in [0.05, 0.1) is 13.7 Å². The highest BCUT2D eigenvalue weighted by Gasteiger charge is 2.15. The molecular formula is C20H20ClN3O3S. The van der Waals surface area contributed by atoms with E-state index in [0.717, 1.165) is 10.5 Å². The number of thioether (sulfide) groups is 1. The van der Waals surface area contributed by atoms with E-state index in [1.165, 1.54) is 0 Å². The van der Waals surface area contributed by atoms with E-state index in [0.29, 0.717) is 34.7 Å². The van der Waals surface area contributed by atoms with E-state index in [4.69, 9.17) is 20.9 Å². The molecule has 0 spiro atoms. The summed E-state index contributed by atoms with van der Waals surface area (Å²) in [6, 6.07) is 15.0. The number of ether oxygens (including phenoxy) is 1. The number of halogens is 1. The summed E-state index contributed by atoms with van der Waals surface area (Å²) in [6.45, 7) is 0.265. The quantitative estimate of drug-likeness (QED) is 0.501. The van der Waals surface area contributed by atoms with Crippen LogP contribution in [0.25, 0.3) is 11.4 Å². The lowest BCUT2D eigenvalue weighted by molar-refractivity contribution is -0.130. The molecule has 0 aliphatic carbocycles. The lowest BCUT2D eigenvalue weighted by atomic mass is 10.2. The normalized spacial score (nSPS) is 10.7. The maximum Gasteiger partial charge on any atom is 0.246 e. The van der Waals surface area contributed by atoms with Gasteiger partial charge in [-0.25, -0.2) is 0 Å². The molecule has 1 amide bonds. The standard InChI is InChI=1S/C20H20ClN3O3S/c1-24(19(25)10-11-28-17-8-6-15(21)7-9-17)13-18-22-20(23-27-18)14-4-3-5-16(12-14)26-2/h3-9,12H,10-11,13H2,1-2H3. The minimum Gasteiger partial charge on any atom is -0.497 e. The zero-order valence-electron chi connectivity index (χ0n) is 15.6. The molecule has 146 valence electrons. The number of hydrogen-bond acceptors (Lipinski definition) is 6. The zero-order chi connectivity index (χ0) is 19.9. The van der Waals surface area contributed by atoms with Crippen LogP contribution in [-0.2, 0) is 11.3 Å². The molecule has 3 rings (SSSR count). The second kappa shape index (κ2) is 9.61. The minimum absolute atomic E-state index is 0.0163. The third-order valence-electron chi connectivity index (χ3n) is 3.99. The second-order valence-corrected chi connectivity index (χ2v) is 7.65. The largest absolute Gasteiger partial charge is 0.497 e. The van der Waals surface area contributed by atoms with Crippen LogP contribution in [0.4, 0.5) is 0 Å². The van der Waals surface area contributed by atoms with Crippen molar-refractivity contribution in [3.8, 4) is 17.1 Å². The third-order valence-corrected chi connectivity index (χ3v) is 5.26. The van der Waals surface area contributed by atoms with Gasteiger partial charge in [-0.3, -0.25) is 4.79 Å². The molecule has 0 radical (unpaired) electrons. The first-order valence-electron chi connectivity index (χ1n) is 8.64. The lowest BCUT2D eigenvalue weighted by Gasteiger charge is -2.14. The average molecular weight is 418 g/mol. The number of rotatable bonds is 8. The summed E-state index contributed by atoms with van der Waals surface area (Å²) in [6.07, 6.45) is 0.417. The molecule has 1 heterocycles. The molecule has 0 fully saturated rings. The van der Waals surface area contributed by atoms with Crippen LogP contribution in [0.1, 0.15) is 12.3 Å². The molecule has 0 aliphatic heterocycles. The van der Waals surface area contributed by atoms with Crippen molar-refractivity contribution in [1.29, 1.82) is 0 Å². The Morgan fingerprint density at radius 3 is 2.79 bits per heavy atom. The molecule has 0 atom stereocenters. The minimum atomic E-state index is 0.0163. The number of methoxy groups -OCH3 is 1. The molecule has 2 aromatic carbocycles. The maximum atomic E-state index is 12.3. The van der Waals surface area contributed by atoms with Crippen molar-refractivity contribution < 1.29 is 14.1 Å². The summed E-state index contributed by atoms with van der Waals surface area (Å²) in [5.41, 5.74) is 0.794. The molecule has 0 saturated carbocycles. The molecule has 0 saturated heterocycles. The van der Waals surface area contributed by atoms with Gasteiger partial charge in [-0.15, -0.1) is 11.8 Å². The first-order chi connectivity index (χ1) is 13.5. The smallest absolute Gasteiger partial charge is 0.246 e. The molecule has 3 aromatic rings. The van der Waals surface area contributed by atoms with Crippen LogP contribution in [0.15, 0.2) is 57.9 Å². The van der Waals surface area contributed by atoms with E-state index in [1.54, 1.807) is 30.8 Å². The van der Waals surface area contributed by atoms with Gasteiger partial charge in [0, 0.05) is 34.7 Å². The number of carbonyl (C=O) groups is 1. The summed E-state index contributed by atoms with van der Waals surface area (Å²) in [7, 11) is 3.33. The predicted molar refractivity (Wildman–Crippen MR) is 110 cm³/mol. The molecule has 6 nitrogen and oxygen atoms in total. The van der Waals surface area contributed by atoms with Gasteiger partial charge in [-0.1, -0.05) is 28.9 Å². The summed E-state index contributed by atoms with van der Waals surface area (Å²) in [4.78, 5) is 19.4. The van der Waals surface area contributed by atoms with Crippen molar-refractivity contribution >= 4 is 29.3 Å². The van der Waals surface area contributed by atoms with Gasteiger partial charge in [0.2, 0.25) is 17.6 Å². The Balaban J connectivity index is 1.51. The van der Waals surface area contributed by atoms with Gasteiger partial charge >= 0.3 is 0 Å². The Kier molecular flexibility index (Phi) is 6.95. The summed E-state index contributed by atoms with van der Waals surface area (Å²) in [5, 5.41) is 4.69. The van der Waals surface area contributed by atoms with Gasteiger partial charge in [0.1, 0.15) is 5.75 Å². The molecule has 1 aromatic heterocycles. The topological polar surface area (TPSA) is 68.5 Å². The highest BCUT2D eigenvalue weighted by Crippen LogP contribution is 2.22. The van der Waals surface area contributed by atoms with Gasteiger partial charge in [-0.05, 0) is 36.4 Å². The van der Waals surface area contributed by atoms with E-state index in [2.05, 4.69) is 10.1 Å². The molecular weight excluding hydrogens is 398 g/mol. The van der Waals surface area contributed by atoms with Crippen LogP contribution in [0.2, 0.25) is 5.02 Å². The van der Waals surface area contributed by atoms with Crippen molar-refractivity contribution in [3.63, 3.8) is 0 Å². The molecule has 0 aliphatic rings. The first-order valence-corrected chi connectivity index (χ1v) is 10.0. The van der Waals surface area contributed by atoms with Crippen LogP contribution >= 0.6 is 23.4 Å². The Morgan fingerprint density at radius 2 is 2.04 bits per heavy atom. The summed E-state index contributed by atoms with van der Waals surface area (Å²) >= 11 is 7.49. The van der Waals surface area contributed by atoms with Crippen molar-refractivity contribution in [2.24, 2.45) is 0 Å². The van der Waals surface area contributed by atoms with E-state index >= 15 is 0 Å². The van der Waals surface area contributed by atoms with Gasteiger partial charge in [-0.2, -0.15) is 4.98 Å². The second-order valence-electron chi connectivity index (χ2n) is 6.05. The van der Waals surface area contributed by atoms with E-state index in [1.807, 2.05) is 48.5 Å². The Morgan fingerprint density at radius 1 is 1.25 bits per heavy atom. The fourth-order valence-corrected chi connectivity index (χ4v) is 3.43. The Labute approximate surface area is 172 Å². The van der Waals surface area contributed by atoms with Crippen molar-refractivity contribution in [1.82, 2.24) is 15.0 Å². The molecule has 8 heteroatoms. The number of aromatic nitrogens is 2. The van der Waals surface area contributed by atoms with Gasteiger partial charge in [0.15, 0.2) is 0 Å². The highest BCUT2D eigenvalue weighted by molar-refractivity contribution is 7.99. The lowest BCUT2D eigenvalue weighted by Crippen LogP contribution is -2.26. The average Bonchev–Trinajstić information content (AvgIpc) is 3.18. The molecule has 0 unspecified atom stereocenters. The monoisotopic (exact) mass is 417 g/mol. The van der Waals surface area contributed by atoms with Crippen LogP contribution in [-0.4, -0.2) is 40.9 Å². The molecule has 0 bridgehead atoms. The number of hydrogen-bond donors (Lipinski definition) is 0. The Bertz CT molecular complexity index is 930. The van der Waals surface area contributed by atoms with Crippen LogP contribution in [0.3, 0.4) is 0 Å². The molecule has 0 N–H and O–H groups in total. The third kappa shape index (κ3) is 5.50. The van der Waals surface area contributed by atoms with Crippen LogP contribution < -0.4 is 4.74 Å². The fraction of sp³-hybridized carbons (Fsp3) is 0.250. The predicted octanol–water partition coefficient (Wildman–Crippen LogP) is 4.54. The number of amides is 1. The Hall–Kier alpha value is -2.51. The summed E-state index contributed by atoms with van der Waals surface area (Å²) < 4.78 is 10.5. The van der Waals surface area contributed by atoms with Crippen molar-refractivity contribution in [2.45, 2.75) is 17.9 Å². The highest BCUT2D eigenvalue weighted by atomic mass is 35.5. The first kappa shape index (κ1) is 20.2.